The molecule has 1 heterocycles. The van der Waals surface area contributed by atoms with E-state index in [0.717, 1.165) is 0 Å². The van der Waals surface area contributed by atoms with Gasteiger partial charge >= 0.3 is 12.0 Å². The molecule has 0 radical (unpaired) electrons. The Balaban J connectivity index is 2.54. The van der Waals surface area contributed by atoms with Crippen LogP contribution >= 0.6 is 0 Å². The Morgan fingerprint density at radius 2 is 2.05 bits per heavy atom. The Labute approximate surface area is 112 Å². The van der Waals surface area contributed by atoms with E-state index in [1.165, 1.54) is 4.90 Å². The van der Waals surface area contributed by atoms with E-state index in [2.05, 4.69) is 5.32 Å². The van der Waals surface area contributed by atoms with Crippen LogP contribution in [0.2, 0.25) is 0 Å². The van der Waals surface area contributed by atoms with Crippen LogP contribution in [0.25, 0.3) is 0 Å². The highest BCUT2D eigenvalue weighted by atomic mass is 16.4. The maximum atomic E-state index is 11.9. The van der Waals surface area contributed by atoms with Crippen LogP contribution in [-0.4, -0.2) is 63.6 Å². The zero-order chi connectivity index (χ0) is 14.5. The van der Waals surface area contributed by atoms with Gasteiger partial charge in [-0.15, -0.1) is 0 Å². The molecule has 7 nitrogen and oxygen atoms in total. The van der Waals surface area contributed by atoms with Crippen molar-refractivity contribution in [2.75, 3.05) is 19.7 Å². The summed E-state index contributed by atoms with van der Waals surface area (Å²) < 4.78 is 0. The minimum absolute atomic E-state index is 0.0212. The SMILES string of the molecule is CC1(O)CCCN(C(=O)N[C@@H](CCO)C(=O)O)CC1. The number of hydrogen-bond acceptors (Lipinski definition) is 4. The number of carboxylic acid groups (broad SMARTS) is 1. The Morgan fingerprint density at radius 1 is 1.37 bits per heavy atom. The van der Waals surface area contributed by atoms with E-state index >= 15 is 0 Å². The Hall–Kier alpha value is -1.34. The molecule has 0 saturated carbocycles. The van der Waals surface area contributed by atoms with Gasteiger partial charge in [-0.2, -0.15) is 0 Å². The van der Waals surface area contributed by atoms with Gasteiger partial charge in [-0.3, -0.25) is 0 Å². The van der Waals surface area contributed by atoms with Gasteiger partial charge in [0.05, 0.1) is 5.60 Å². The number of amides is 2. The Bertz CT molecular complexity index is 332. The first-order valence-electron chi connectivity index (χ1n) is 6.47. The van der Waals surface area contributed by atoms with Crippen LogP contribution in [0, 0.1) is 0 Å². The number of rotatable bonds is 4. The highest BCUT2D eigenvalue weighted by molar-refractivity contribution is 5.82. The molecule has 0 aromatic rings. The average molecular weight is 274 g/mol. The molecular formula is C12H22N2O5. The number of nitrogens with zero attached hydrogens (tertiary/aromatic N) is 1. The van der Waals surface area contributed by atoms with E-state index in [9.17, 15) is 14.7 Å². The summed E-state index contributed by atoms with van der Waals surface area (Å²) in [6, 6.07) is -1.54. The average Bonchev–Trinajstić information content (AvgIpc) is 2.49. The lowest BCUT2D eigenvalue weighted by Gasteiger charge is -2.24. The highest BCUT2D eigenvalue weighted by Crippen LogP contribution is 2.21. The van der Waals surface area contributed by atoms with Crippen molar-refractivity contribution in [2.24, 2.45) is 0 Å². The smallest absolute Gasteiger partial charge is 0.326 e. The minimum atomic E-state index is -1.16. The molecule has 1 fully saturated rings. The van der Waals surface area contributed by atoms with Gasteiger partial charge in [0.25, 0.3) is 0 Å². The van der Waals surface area contributed by atoms with Gasteiger partial charge in [0.15, 0.2) is 0 Å². The van der Waals surface area contributed by atoms with Gasteiger partial charge in [0, 0.05) is 26.1 Å². The summed E-state index contributed by atoms with van der Waals surface area (Å²) in [4.78, 5) is 24.3. The maximum Gasteiger partial charge on any atom is 0.326 e. The van der Waals surface area contributed by atoms with Gasteiger partial charge in [0.1, 0.15) is 6.04 Å². The monoisotopic (exact) mass is 274 g/mol. The van der Waals surface area contributed by atoms with Gasteiger partial charge in [0.2, 0.25) is 0 Å². The standard InChI is InChI=1S/C12H22N2O5/c1-12(19)4-2-6-14(7-5-12)11(18)13-9(3-8-15)10(16)17/h9,15,19H,2-8H2,1H3,(H,13,18)(H,16,17)/t9-,12?/m0/s1. The first kappa shape index (κ1) is 15.7. The van der Waals surface area contributed by atoms with Crippen LogP contribution in [0.15, 0.2) is 0 Å². The molecule has 7 heteroatoms. The van der Waals surface area contributed by atoms with Crippen LogP contribution in [-0.2, 0) is 4.79 Å². The highest BCUT2D eigenvalue weighted by Gasteiger charge is 2.28. The van der Waals surface area contributed by atoms with Crippen molar-refractivity contribution < 1.29 is 24.9 Å². The van der Waals surface area contributed by atoms with Gasteiger partial charge in [-0.05, 0) is 26.2 Å². The Kier molecular flexibility index (Phi) is 5.56. The number of carbonyl (C=O) groups excluding carboxylic acids is 1. The maximum absolute atomic E-state index is 11.9. The number of hydrogen-bond donors (Lipinski definition) is 4. The van der Waals surface area contributed by atoms with Crippen LogP contribution in [0.4, 0.5) is 4.79 Å². The van der Waals surface area contributed by atoms with E-state index < -0.39 is 23.6 Å². The molecule has 2 atom stereocenters. The van der Waals surface area contributed by atoms with E-state index in [1.807, 2.05) is 0 Å². The first-order valence-corrected chi connectivity index (χ1v) is 6.47. The van der Waals surface area contributed by atoms with Crippen molar-refractivity contribution in [1.82, 2.24) is 10.2 Å². The van der Waals surface area contributed by atoms with Crippen LogP contribution < -0.4 is 5.32 Å². The largest absolute Gasteiger partial charge is 0.480 e. The second-order valence-electron chi connectivity index (χ2n) is 5.19. The van der Waals surface area contributed by atoms with E-state index in [4.69, 9.17) is 10.2 Å². The number of aliphatic hydroxyl groups is 2. The fraction of sp³-hybridized carbons (Fsp3) is 0.833. The number of carboxylic acids is 1. The minimum Gasteiger partial charge on any atom is -0.480 e. The van der Waals surface area contributed by atoms with Crippen molar-refractivity contribution in [1.29, 1.82) is 0 Å². The predicted molar refractivity (Wildman–Crippen MR) is 67.7 cm³/mol. The molecule has 0 bridgehead atoms. The molecule has 1 aliphatic heterocycles. The second kappa shape index (κ2) is 6.72. The molecule has 1 unspecified atom stereocenters. The van der Waals surface area contributed by atoms with Crippen molar-refractivity contribution >= 4 is 12.0 Å². The fourth-order valence-electron chi connectivity index (χ4n) is 2.09. The van der Waals surface area contributed by atoms with E-state index in [1.54, 1.807) is 6.92 Å². The van der Waals surface area contributed by atoms with Gasteiger partial charge in [-0.1, -0.05) is 0 Å². The number of aliphatic hydroxyl groups excluding tert-OH is 1. The normalized spacial score (nSPS) is 25.5. The molecular weight excluding hydrogens is 252 g/mol. The molecule has 4 N–H and O–H groups in total. The fourth-order valence-corrected chi connectivity index (χ4v) is 2.09. The molecule has 2 amide bonds. The predicted octanol–water partition coefficient (Wildman–Crippen LogP) is -0.231. The summed E-state index contributed by atoms with van der Waals surface area (Å²) in [6.07, 6.45) is 1.75. The molecule has 1 rings (SSSR count). The molecule has 0 aromatic heterocycles. The molecule has 0 aromatic carbocycles. The number of urea groups is 1. The molecule has 1 saturated heterocycles. The van der Waals surface area contributed by atoms with Crippen molar-refractivity contribution in [3.05, 3.63) is 0 Å². The quantitative estimate of drug-likeness (QED) is 0.566. The van der Waals surface area contributed by atoms with Crippen molar-refractivity contribution in [3.63, 3.8) is 0 Å². The number of carbonyl (C=O) groups is 2. The summed E-state index contributed by atoms with van der Waals surface area (Å²) >= 11 is 0. The summed E-state index contributed by atoms with van der Waals surface area (Å²) in [5.41, 5.74) is -0.772. The van der Waals surface area contributed by atoms with Crippen LogP contribution in [0.1, 0.15) is 32.6 Å². The number of nitrogens with one attached hydrogen (secondary N) is 1. The van der Waals surface area contributed by atoms with Crippen LogP contribution in [0.5, 0.6) is 0 Å². The first-order chi connectivity index (χ1) is 8.85. The summed E-state index contributed by atoms with van der Waals surface area (Å²) in [6.45, 7) is 2.32. The molecule has 110 valence electrons. The molecule has 19 heavy (non-hydrogen) atoms. The van der Waals surface area contributed by atoms with Crippen LogP contribution in [0.3, 0.4) is 0 Å². The van der Waals surface area contributed by atoms with E-state index in [0.29, 0.717) is 32.4 Å². The molecule has 0 spiro atoms. The molecule has 0 aliphatic carbocycles. The third kappa shape index (κ3) is 5.04. The summed E-state index contributed by atoms with van der Waals surface area (Å²) in [5, 5.41) is 30.0. The number of likely N-dealkylation sites (tertiary alicyclic amines) is 1. The zero-order valence-corrected chi connectivity index (χ0v) is 11.1. The Morgan fingerprint density at radius 3 is 2.63 bits per heavy atom. The zero-order valence-electron chi connectivity index (χ0n) is 11.1. The van der Waals surface area contributed by atoms with Crippen molar-refractivity contribution in [2.45, 2.75) is 44.2 Å². The van der Waals surface area contributed by atoms with Gasteiger partial charge in [-0.25, -0.2) is 9.59 Å². The third-order valence-corrected chi connectivity index (χ3v) is 3.36. The lowest BCUT2D eigenvalue weighted by molar-refractivity contribution is -0.139. The molecule has 1 aliphatic rings. The van der Waals surface area contributed by atoms with Crippen molar-refractivity contribution in [3.8, 4) is 0 Å². The lowest BCUT2D eigenvalue weighted by atomic mass is 9.98. The number of aliphatic carboxylic acids is 1. The second-order valence-corrected chi connectivity index (χ2v) is 5.19. The lowest BCUT2D eigenvalue weighted by Crippen LogP contribution is -2.48. The third-order valence-electron chi connectivity index (χ3n) is 3.36. The summed E-state index contributed by atoms with van der Waals surface area (Å²) in [7, 11) is 0. The van der Waals surface area contributed by atoms with E-state index in [-0.39, 0.29) is 13.0 Å². The topological polar surface area (TPSA) is 110 Å². The van der Waals surface area contributed by atoms with Gasteiger partial charge < -0.3 is 25.5 Å². The summed E-state index contributed by atoms with van der Waals surface area (Å²) in [5.74, 6) is -1.16.